The van der Waals surface area contributed by atoms with E-state index in [4.69, 9.17) is 0 Å². The lowest BCUT2D eigenvalue weighted by Crippen LogP contribution is -2.24. The molecule has 10 heavy (non-hydrogen) atoms. The maximum atomic E-state index is 4.49. The van der Waals surface area contributed by atoms with Crippen LogP contribution in [0.25, 0.3) is 0 Å². The van der Waals surface area contributed by atoms with E-state index in [1.54, 1.807) is 0 Å². The van der Waals surface area contributed by atoms with E-state index in [1.165, 1.54) is 36.9 Å². The number of rotatable bonds is 0. The second-order valence-electron chi connectivity index (χ2n) is 2.71. The maximum Gasteiger partial charge on any atom is 0.159 e. The Labute approximate surface area is 65.7 Å². The lowest BCUT2D eigenvalue weighted by atomic mass is 10.3. The number of hydrogen-bond acceptors (Lipinski definition) is 3. The van der Waals surface area contributed by atoms with Gasteiger partial charge in [0.05, 0.1) is 0 Å². The van der Waals surface area contributed by atoms with Crippen LogP contribution in [0.3, 0.4) is 0 Å². The van der Waals surface area contributed by atoms with Crippen molar-refractivity contribution in [3.05, 3.63) is 0 Å². The maximum absolute atomic E-state index is 4.49. The van der Waals surface area contributed by atoms with Gasteiger partial charge < -0.3 is 4.90 Å². The van der Waals surface area contributed by atoms with Gasteiger partial charge in [0.1, 0.15) is 0 Å². The summed E-state index contributed by atoms with van der Waals surface area (Å²) < 4.78 is 0. The van der Waals surface area contributed by atoms with Crippen LogP contribution in [0.15, 0.2) is 4.99 Å². The van der Waals surface area contributed by atoms with Gasteiger partial charge >= 0.3 is 0 Å². The zero-order valence-corrected chi connectivity index (χ0v) is 6.86. The molecule has 2 nitrogen and oxygen atoms in total. The normalized spacial score (nSPS) is 25.6. The van der Waals surface area contributed by atoms with Crippen LogP contribution in [0.4, 0.5) is 0 Å². The van der Waals surface area contributed by atoms with Crippen molar-refractivity contribution >= 4 is 16.9 Å². The molecule has 0 bridgehead atoms. The molecule has 0 amide bonds. The number of thioether (sulfide) groups is 1. The quantitative estimate of drug-likeness (QED) is 0.523. The number of aliphatic imine (C=N–C) groups is 1. The molecule has 0 N–H and O–H groups in total. The zero-order chi connectivity index (χ0) is 6.81. The van der Waals surface area contributed by atoms with Crippen molar-refractivity contribution in [2.24, 2.45) is 4.99 Å². The van der Waals surface area contributed by atoms with Gasteiger partial charge in [0.2, 0.25) is 0 Å². The van der Waals surface area contributed by atoms with Crippen molar-refractivity contribution in [3.63, 3.8) is 0 Å². The van der Waals surface area contributed by atoms with Gasteiger partial charge in [-0.3, -0.25) is 4.99 Å². The van der Waals surface area contributed by atoms with Crippen LogP contribution < -0.4 is 0 Å². The molecule has 2 aliphatic rings. The first-order valence-corrected chi connectivity index (χ1v) is 4.87. The van der Waals surface area contributed by atoms with Crippen molar-refractivity contribution in [1.82, 2.24) is 4.90 Å². The summed E-state index contributed by atoms with van der Waals surface area (Å²) in [5, 5.41) is 1.30. The highest BCUT2D eigenvalue weighted by molar-refractivity contribution is 8.14. The van der Waals surface area contributed by atoms with E-state index in [0.29, 0.717) is 0 Å². The monoisotopic (exact) mass is 156 g/mol. The Balaban J connectivity index is 2.10. The van der Waals surface area contributed by atoms with E-state index in [2.05, 4.69) is 9.89 Å². The molecule has 0 aromatic heterocycles. The molecule has 0 aromatic carbocycles. The van der Waals surface area contributed by atoms with Crippen molar-refractivity contribution in [2.75, 3.05) is 25.4 Å². The molecule has 2 aliphatic heterocycles. The molecule has 0 unspecified atom stereocenters. The van der Waals surface area contributed by atoms with Gasteiger partial charge in [0.25, 0.3) is 0 Å². The van der Waals surface area contributed by atoms with Crippen LogP contribution in [0, 0.1) is 0 Å². The third-order valence-corrected chi connectivity index (χ3v) is 2.98. The Bertz CT molecular complexity index is 156. The predicted octanol–water partition coefficient (Wildman–Crippen LogP) is 1.19. The smallest absolute Gasteiger partial charge is 0.159 e. The van der Waals surface area contributed by atoms with E-state index < -0.39 is 0 Å². The Morgan fingerprint density at radius 3 is 3.30 bits per heavy atom. The zero-order valence-electron chi connectivity index (χ0n) is 6.05. The van der Waals surface area contributed by atoms with Gasteiger partial charge in [-0.25, -0.2) is 0 Å². The van der Waals surface area contributed by atoms with Crippen LogP contribution in [-0.4, -0.2) is 35.5 Å². The minimum Gasteiger partial charge on any atom is -0.351 e. The lowest BCUT2D eigenvalue weighted by molar-refractivity contribution is 0.456. The van der Waals surface area contributed by atoms with Crippen LogP contribution in [0.1, 0.15) is 12.8 Å². The molecule has 0 aromatic rings. The molecular formula is C7H12N2S. The molecule has 0 spiro atoms. The minimum atomic E-state index is 1.05. The van der Waals surface area contributed by atoms with E-state index in [1.807, 2.05) is 11.8 Å². The second kappa shape index (κ2) is 2.82. The summed E-state index contributed by atoms with van der Waals surface area (Å²) in [6, 6.07) is 0. The molecule has 0 atom stereocenters. The van der Waals surface area contributed by atoms with Gasteiger partial charge in [-0.1, -0.05) is 11.8 Å². The average Bonchev–Trinajstić information content (AvgIpc) is 2.28. The van der Waals surface area contributed by atoms with Crippen molar-refractivity contribution in [3.8, 4) is 0 Å². The Morgan fingerprint density at radius 1 is 1.30 bits per heavy atom. The van der Waals surface area contributed by atoms with E-state index in [0.717, 1.165) is 6.54 Å². The molecule has 1 saturated heterocycles. The van der Waals surface area contributed by atoms with E-state index in [9.17, 15) is 0 Å². The van der Waals surface area contributed by atoms with Gasteiger partial charge in [-0.2, -0.15) is 0 Å². The molecule has 3 heteroatoms. The topological polar surface area (TPSA) is 15.6 Å². The first-order chi connectivity index (χ1) is 4.97. The fourth-order valence-corrected chi connectivity index (χ4v) is 2.42. The van der Waals surface area contributed by atoms with Gasteiger partial charge in [0, 0.05) is 25.4 Å². The largest absolute Gasteiger partial charge is 0.351 e. The number of amidine groups is 1. The third kappa shape index (κ3) is 1.15. The summed E-state index contributed by atoms with van der Waals surface area (Å²) in [6.45, 7) is 3.52. The standard InChI is InChI=1S/C7H12N2S/c1-2-4-9-5-6-10-7(9)8-3-1/h1-6H2. The highest BCUT2D eigenvalue weighted by atomic mass is 32.2. The second-order valence-corrected chi connectivity index (χ2v) is 3.77. The molecule has 56 valence electrons. The van der Waals surface area contributed by atoms with Crippen LogP contribution in [-0.2, 0) is 0 Å². The summed E-state index contributed by atoms with van der Waals surface area (Å²) in [4.78, 5) is 6.91. The molecule has 0 saturated carbocycles. The first kappa shape index (κ1) is 6.53. The summed E-state index contributed by atoms with van der Waals surface area (Å²) in [7, 11) is 0. The van der Waals surface area contributed by atoms with Crippen LogP contribution >= 0.6 is 11.8 Å². The highest BCUT2D eigenvalue weighted by Crippen LogP contribution is 2.20. The molecule has 2 heterocycles. The molecule has 0 radical (unpaired) electrons. The van der Waals surface area contributed by atoms with Gasteiger partial charge in [-0.05, 0) is 12.8 Å². The number of nitrogens with zero attached hydrogens (tertiary/aromatic N) is 2. The SMILES string of the molecule is C1CCN2CCSC2=NC1. The third-order valence-electron chi connectivity index (χ3n) is 1.95. The Morgan fingerprint density at radius 2 is 2.30 bits per heavy atom. The molecule has 1 fully saturated rings. The summed E-state index contributed by atoms with van der Waals surface area (Å²) in [6.07, 6.45) is 2.61. The number of hydrogen-bond donors (Lipinski definition) is 0. The fraction of sp³-hybridized carbons (Fsp3) is 0.857. The van der Waals surface area contributed by atoms with Gasteiger partial charge in [-0.15, -0.1) is 0 Å². The number of fused-ring (bicyclic) bond motifs is 1. The van der Waals surface area contributed by atoms with Crippen molar-refractivity contribution in [1.29, 1.82) is 0 Å². The Hall–Kier alpha value is -0.180. The van der Waals surface area contributed by atoms with Crippen LogP contribution in [0.2, 0.25) is 0 Å². The minimum absolute atomic E-state index is 1.05. The fourth-order valence-electron chi connectivity index (χ4n) is 1.38. The van der Waals surface area contributed by atoms with Gasteiger partial charge in [0.15, 0.2) is 5.17 Å². The lowest BCUT2D eigenvalue weighted by Gasteiger charge is -2.13. The van der Waals surface area contributed by atoms with Crippen molar-refractivity contribution < 1.29 is 0 Å². The molecule has 0 aliphatic carbocycles. The van der Waals surface area contributed by atoms with Crippen LogP contribution in [0.5, 0.6) is 0 Å². The summed E-state index contributed by atoms with van der Waals surface area (Å²) in [5.41, 5.74) is 0. The Kier molecular flexibility index (Phi) is 1.84. The molecular weight excluding hydrogens is 144 g/mol. The molecule has 2 rings (SSSR count). The van der Waals surface area contributed by atoms with E-state index in [-0.39, 0.29) is 0 Å². The predicted molar refractivity (Wildman–Crippen MR) is 45.6 cm³/mol. The first-order valence-electron chi connectivity index (χ1n) is 3.89. The average molecular weight is 156 g/mol. The summed E-state index contributed by atoms with van der Waals surface area (Å²) >= 11 is 1.92. The van der Waals surface area contributed by atoms with E-state index >= 15 is 0 Å². The highest BCUT2D eigenvalue weighted by Gasteiger charge is 2.19. The van der Waals surface area contributed by atoms with Crippen molar-refractivity contribution in [2.45, 2.75) is 12.8 Å². The summed E-state index contributed by atoms with van der Waals surface area (Å²) in [5.74, 6) is 1.25.